The highest BCUT2D eigenvalue weighted by Gasteiger charge is 2.31. The first kappa shape index (κ1) is 24.1. The van der Waals surface area contributed by atoms with Gasteiger partial charge in [0.25, 0.3) is 0 Å². The van der Waals surface area contributed by atoms with Gasteiger partial charge in [0.1, 0.15) is 12.4 Å². The molecule has 0 saturated carbocycles. The van der Waals surface area contributed by atoms with Gasteiger partial charge >= 0.3 is 12.5 Å². The molecule has 2 aromatic heterocycles. The number of cyclic esters (lactones) is 1. The van der Waals surface area contributed by atoms with Gasteiger partial charge in [-0.15, -0.1) is 13.2 Å². The Morgan fingerprint density at radius 2 is 1.78 bits per heavy atom. The van der Waals surface area contributed by atoms with E-state index in [1.807, 2.05) is 13.0 Å². The molecule has 190 valence electrons. The maximum atomic E-state index is 12.9. The number of aromatic nitrogens is 4. The predicted octanol–water partition coefficient (Wildman–Crippen LogP) is 4.56. The third-order valence-electron chi connectivity index (χ3n) is 5.68. The van der Waals surface area contributed by atoms with Gasteiger partial charge in [-0.1, -0.05) is 6.07 Å². The number of hydrogen-bond acceptors (Lipinski definition) is 6. The van der Waals surface area contributed by atoms with Crippen molar-refractivity contribution in [2.24, 2.45) is 0 Å². The molecule has 0 unspecified atom stereocenters. The molecule has 3 heterocycles. The Balaban J connectivity index is 1.55. The zero-order chi connectivity index (χ0) is 26.3. The monoisotopic (exact) mass is 511 g/mol. The number of amides is 1. The van der Waals surface area contributed by atoms with Crippen molar-refractivity contribution in [3.8, 4) is 28.5 Å². The summed E-state index contributed by atoms with van der Waals surface area (Å²) >= 11 is 0. The first-order valence-corrected chi connectivity index (χ1v) is 11.2. The Hall–Kier alpha value is -4.61. The maximum Gasteiger partial charge on any atom is 0.573 e. The fraction of sp³-hybridized carbons (Fsp3) is 0.200. The molecule has 1 fully saturated rings. The van der Waals surface area contributed by atoms with Crippen LogP contribution < -0.4 is 15.1 Å². The number of benzene rings is 2. The highest BCUT2D eigenvalue weighted by atomic mass is 19.4. The third kappa shape index (κ3) is 4.90. The normalized spacial score (nSPS) is 13.6. The van der Waals surface area contributed by atoms with Crippen LogP contribution in [0.3, 0.4) is 0 Å². The second-order valence-electron chi connectivity index (χ2n) is 8.34. The number of alkyl halides is 3. The number of hydrogen-bond donors (Lipinski definition) is 0. The maximum absolute atomic E-state index is 12.9. The van der Waals surface area contributed by atoms with Crippen molar-refractivity contribution in [1.82, 2.24) is 19.6 Å². The lowest BCUT2D eigenvalue weighted by Gasteiger charge is -2.16. The summed E-state index contributed by atoms with van der Waals surface area (Å²) in [5, 5.41) is 8.89. The van der Waals surface area contributed by atoms with Crippen molar-refractivity contribution in [2.45, 2.75) is 20.2 Å². The zero-order valence-electron chi connectivity index (χ0n) is 19.7. The predicted molar refractivity (Wildman–Crippen MR) is 127 cm³/mol. The molecule has 0 bridgehead atoms. The van der Waals surface area contributed by atoms with Crippen molar-refractivity contribution in [3.05, 3.63) is 82.3 Å². The van der Waals surface area contributed by atoms with Gasteiger partial charge in [0.15, 0.2) is 5.69 Å². The van der Waals surface area contributed by atoms with Gasteiger partial charge in [0.05, 0.1) is 29.3 Å². The van der Waals surface area contributed by atoms with E-state index in [4.69, 9.17) is 4.74 Å². The standard InChI is InChI=1S/C25H20F3N5O4/c1-15-12-17(31-10-11-36-24(31)35)6-7-20(15)32-9-8-22(34)23(30-32)21-13-16(2)29-33(21)18-4-3-5-19(14-18)37-25(26,27)28/h3-9,12-14H,10-11H2,1-2H3. The SMILES string of the molecule is Cc1cc(-c2nn(-c3ccc(N4CCOC4=O)cc3C)ccc2=O)n(-c2cccc(OC(F)(F)F)c2)n1. The lowest BCUT2D eigenvalue weighted by molar-refractivity contribution is -0.274. The molecule has 37 heavy (non-hydrogen) atoms. The van der Waals surface area contributed by atoms with Gasteiger partial charge in [-0.05, 0) is 55.8 Å². The van der Waals surface area contributed by atoms with Gasteiger partial charge in [-0.25, -0.2) is 14.2 Å². The first-order valence-electron chi connectivity index (χ1n) is 11.2. The Bertz CT molecular complexity index is 1560. The summed E-state index contributed by atoms with van der Waals surface area (Å²) in [5.74, 6) is -0.417. The van der Waals surface area contributed by atoms with Crippen LogP contribution >= 0.6 is 0 Å². The van der Waals surface area contributed by atoms with Crippen LogP contribution in [0.4, 0.5) is 23.7 Å². The smallest absolute Gasteiger partial charge is 0.447 e. The van der Waals surface area contributed by atoms with E-state index < -0.39 is 23.6 Å². The van der Waals surface area contributed by atoms with E-state index in [-0.39, 0.29) is 11.4 Å². The molecule has 4 aromatic rings. The second-order valence-corrected chi connectivity index (χ2v) is 8.34. The fourth-order valence-electron chi connectivity index (χ4n) is 4.09. The molecule has 0 aliphatic carbocycles. The van der Waals surface area contributed by atoms with Gasteiger partial charge < -0.3 is 9.47 Å². The lowest BCUT2D eigenvalue weighted by atomic mass is 10.1. The first-order chi connectivity index (χ1) is 17.6. The number of halogens is 3. The second kappa shape index (κ2) is 9.12. The van der Waals surface area contributed by atoms with Gasteiger partial charge in [0, 0.05) is 24.0 Å². The van der Waals surface area contributed by atoms with Crippen LogP contribution in [0.5, 0.6) is 5.75 Å². The zero-order valence-corrected chi connectivity index (χ0v) is 19.7. The summed E-state index contributed by atoms with van der Waals surface area (Å²) in [5.41, 5.74) is 2.90. The van der Waals surface area contributed by atoms with Crippen molar-refractivity contribution in [1.29, 1.82) is 0 Å². The van der Waals surface area contributed by atoms with Gasteiger partial charge in [-0.2, -0.15) is 10.2 Å². The average Bonchev–Trinajstić information content (AvgIpc) is 3.44. The third-order valence-corrected chi connectivity index (χ3v) is 5.68. The summed E-state index contributed by atoms with van der Waals surface area (Å²) in [4.78, 5) is 26.3. The Morgan fingerprint density at radius 1 is 0.973 bits per heavy atom. The van der Waals surface area contributed by atoms with Crippen LogP contribution in [0.2, 0.25) is 0 Å². The molecule has 12 heteroatoms. The molecule has 1 aliphatic rings. The molecular weight excluding hydrogens is 491 g/mol. The number of ether oxygens (including phenoxy) is 2. The molecule has 0 N–H and O–H groups in total. The molecule has 0 atom stereocenters. The lowest BCUT2D eigenvalue weighted by Crippen LogP contribution is -2.23. The summed E-state index contributed by atoms with van der Waals surface area (Å²) in [6.07, 6.45) is -3.74. The van der Waals surface area contributed by atoms with Crippen LogP contribution in [-0.4, -0.2) is 45.2 Å². The van der Waals surface area contributed by atoms with Crippen molar-refractivity contribution in [2.75, 3.05) is 18.1 Å². The highest BCUT2D eigenvalue weighted by molar-refractivity contribution is 5.89. The van der Waals surface area contributed by atoms with Crippen LogP contribution in [0, 0.1) is 13.8 Å². The van der Waals surface area contributed by atoms with Gasteiger partial charge in [-0.3, -0.25) is 9.69 Å². The van der Waals surface area contributed by atoms with E-state index in [1.54, 1.807) is 31.2 Å². The van der Waals surface area contributed by atoms with Crippen LogP contribution in [0.1, 0.15) is 11.3 Å². The molecule has 1 aliphatic heterocycles. The molecule has 1 saturated heterocycles. The number of nitrogens with zero attached hydrogens (tertiary/aromatic N) is 5. The molecule has 0 spiro atoms. The number of rotatable bonds is 5. The summed E-state index contributed by atoms with van der Waals surface area (Å²) in [6.45, 7) is 4.32. The van der Waals surface area contributed by atoms with Crippen molar-refractivity contribution >= 4 is 11.8 Å². The van der Waals surface area contributed by atoms with E-state index in [1.165, 1.54) is 44.7 Å². The Labute approximate surface area is 208 Å². The van der Waals surface area contributed by atoms with E-state index in [9.17, 15) is 22.8 Å². The van der Waals surface area contributed by atoms with Crippen LogP contribution in [-0.2, 0) is 4.74 Å². The number of anilines is 1. The van der Waals surface area contributed by atoms with Crippen molar-refractivity contribution in [3.63, 3.8) is 0 Å². The van der Waals surface area contributed by atoms with E-state index >= 15 is 0 Å². The molecule has 2 aromatic carbocycles. The van der Waals surface area contributed by atoms with Gasteiger partial charge in [0.2, 0.25) is 5.43 Å². The minimum atomic E-state index is -4.85. The number of carbonyl (C=O) groups is 1. The summed E-state index contributed by atoms with van der Waals surface area (Å²) in [6, 6.07) is 13.6. The Kier molecular flexibility index (Phi) is 5.94. The average molecular weight is 511 g/mol. The molecule has 5 rings (SSSR count). The number of carbonyl (C=O) groups excluding carboxylic acids is 1. The van der Waals surface area contributed by atoms with Crippen LogP contribution in [0.25, 0.3) is 22.8 Å². The molecule has 0 radical (unpaired) electrons. The van der Waals surface area contributed by atoms with E-state index in [0.717, 1.165) is 5.56 Å². The minimum Gasteiger partial charge on any atom is -0.447 e. The topological polar surface area (TPSA) is 91.5 Å². The highest BCUT2D eigenvalue weighted by Crippen LogP contribution is 2.28. The van der Waals surface area contributed by atoms with E-state index in [0.29, 0.717) is 35.9 Å². The molecular formula is C25H20F3N5O4. The summed E-state index contributed by atoms with van der Waals surface area (Å²) in [7, 11) is 0. The Morgan fingerprint density at radius 3 is 2.49 bits per heavy atom. The quantitative estimate of drug-likeness (QED) is 0.390. The number of aryl methyl sites for hydroxylation is 2. The largest absolute Gasteiger partial charge is 0.573 e. The van der Waals surface area contributed by atoms with Crippen molar-refractivity contribution < 1.29 is 27.4 Å². The minimum absolute atomic E-state index is 0.0526. The molecule has 9 nitrogen and oxygen atoms in total. The molecule has 1 amide bonds. The summed E-state index contributed by atoms with van der Waals surface area (Å²) < 4.78 is 50.1. The fourth-order valence-corrected chi connectivity index (χ4v) is 4.09. The van der Waals surface area contributed by atoms with Crippen LogP contribution in [0.15, 0.2) is 65.6 Å². The van der Waals surface area contributed by atoms with E-state index in [2.05, 4.69) is 14.9 Å².